The second kappa shape index (κ2) is 28.9. The monoisotopic (exact) mass is 951 g/mol. The molecule has 0 radical (unpaired) electrons. The standard InChI is InChI=1S/C41H65N11O15/c1-19(2)13-25(47-35(60)24(7-5-6-12-42)46-34(59)23(43)14-21-8-10-22(54)11-9-21)36(61)48-27(16-31(45)56)39(64)52-33(20(3)4)40(65)50-26(15-30(44)55)37(62)49-28(17-32(57)58)38(63)51-29(18-53)41(66)67/h8-11,19-20,23-29,33,53-54H,5-7,12-18,42-43H2,1-4H3,(H2,44,55)(H2,45,56)(H,46,59)(H,47,60)(H,48,61)(H,49,62)(H,50,65)(H,51,63)(H,52,64)(H,57,58)(H,66,67)/t23-,24-,25-,26-,27-,28-,29-,33-/m0/s1. The summed E-state index contributed by atoms with van der Waals surface area (Å²) in [5.41, 5.74) is 23.1. The Kier molecular flexibility index (Phi) is 25.0. The molecule has 1 rings (SSSR count). The van der Waals surface area contributed by atoms with E-state index in [1.165, 1.54) is 26.0 Å². The molecule has 0 unspecified atom stereocenters. The van der Waals surface area contributed by atoms with Crippen molar-refractivity contribution in [3.63, 3.8) is 0 Å². The van der Waals surface area contributed by atoms with Crippen molar-refractivity contribution < 1.29 is 73.2 Å². The summed E-state index contributed by atoms with van der Waals surface area (Å²) in [4.78, 5) is 141. The predicted molar refractivity (Wildman–Crippen MR) is 235 cm³/mol. The lowest BCUT2D eigenvalue weighted by Crippen LogP contribution is -2.61. The molecule has 0 fully saturated rings. The number of aliphatic hydroxyl groups is 1. The van der Waals surface area contributed by atoms with E-state index in [4.69, 9.17) is 28.0 Å². The van der Waals surface area contributed by atoms with Crippen LogP contribution in [0.15, 0.2) is 24.3 Å². The summed E-state index contributed by atoms with van der Waals surface area (Å²) >= 11 is 0. The first kappa shape index (κ1) is 58.1. The number of carbonyl (C=O) groups excluding carboxylic acids is 9. The number of rotatable bonds is 31. The van der Waals surface area contributed by atoms with Gasteiger partial charge in [-0.1, -0.05) is 39.8 Å². The number of unbranched alkanes of at least 4 members (excludes halogenated alkanes) is 1. The molecule has 0 aliphatic heterocycles. The maximum Gasteiger partial charge on any atom is 0.328 e. The minimum absolute atomic E-state index is 0.0107. The number of phenols is 1. The number of nitrogens with one attached hydrogen (secondary N) is 7. The third-order valence-corrected chi connectivity index (χ3v) is 9.78. The first-order chi connectivity index (χ1) is 31.3. The predicted octanol–water partition coefficient (Wildman–Crippen LogP) is -5.21. The normalized spacial score (nSPS) is 14.6. The van der Waals surface area contributed by atoms with E-state index < -0.39 is 145 Å². The zero-order chi connectivity index (χ0) is 51.1. The molecular formula is C41H65N11O15. The maximum absolute atomic E-state index is 13.9. The zero-order valence-corrected chi connectivity index (χ0v) is 37.7. The lowest BCUT2D eigenvalue weighted by atomic mass is 10.00. The van der Waals surface area contributed by atoms with E-state index in [1.54, 1.807) is 26.0 Å². The number of hydrogen-bond donors (Lipinski definition) is 15. The number of phenolic OH excluding ortho intramolecular Hbond substituents is 1. The van der Waals surface area contributed by atoms with Gasteiger partial charge in [0.25, 0.3) is 0 Å². The van der Waals surface area contributed by atoms with Gasteiger partial charge < -0.3 is 80.6 Å². The second-order valence-electron chi connectivity index (χ2n) is 16.4. The van der Waals surface area contributed by atoms with Crippen LogP contribution in [-0.2, 0) is 59.2 Å². The topological polar surface area (TPSA) is 457 Å². The molecule has 0 saturated heterocycles. The van der Waals surface area contributed by atoms with Crippen molar-refractivity contribution in [1.82, 2.24) is 37.2 Å². The molecular weight excluding hydrogens is 887 g/mol. The molecule has 8 atom stereocenters. The van der Waals surface area contributed by atoms with Gasteiger partial charge in [-0.05, 0) is 68.2 Å². The Morgan fingerprint density at radius 2 is 1.00 bits per heavy atom. The van der Waals surface area contributed by atoms with Gasteiger partial charge in [0.2, 0.25) is 53.2 Å². The van der Waals surface area contributed by atoms with Gasteiger partial charge in [0.1, 0.15) is 48.0 Å². The Hall–Kier alpha value is -6.93. The molecule has 19 N–H and O–H groups in total. The SMILES string of the molecule is CC(C)C[C@H](NC(=O)[C@H](CCCCN)NC(=O)[C@@H](N)Cc1ccc(O)cc1)C(=O)N[C@@H](CC(N)=O)C(=O)N[C@H](C(=O)N[C@@H](CC(N)=O)C(=O)N[C@@H](CC(=O)O)C(=O)N[C@@H](CO)C(=O)O)C(C)C. The maximum atomic E-state index is 13.9. The molecule has 26 heteroatoms. The molecule has 0 spiro atoms. The van der Waals surface area contributed by atoms with Crippen LogP contribution in [0.4, 0.5) is 0 Å². The highest BCUT2D eigenvalue weighted by Gasteiger charge is 2.36. The number of aliphatic hydroxyl groups excluding tert-OH is 1. The minimum atomic E-state index is -1.99. The van der Waals surface area contributed by atoms with Crippen LogP contribution < -0.4 is 60.2 Å². The summed E-state index contributed by atoms with van der Waals surface area (Å²) < 4.78 is 0. The van der Waals surface area contributed by atoms with Gasteiger partial charge in [-0.2, -0.15) is 0 Å². The molecule has 0 aromatic heterocycles. The third-order valence-electron chi connectivity index (χ3n) is 9.78. The molecule has 1 aromatic rings. The Bertz CT molecular complexity index is 1920. The van der Waals surface area contributed by atoms with Gasteiger partial charge in [0.15, 0.2) is 0 Å². The number of aromatic hydroxyl groups is 1. The fourth-order valence-electron chi connectivity index (χ4n) is 6.25. The van der Waals surface area contributed by atoms with E-state index in [1.807, 2.05) is 10.6 Å². The largest absolute Gasteiger partial charge is 0.508 e. The van der Waals surface area contributed by atoms with Crippen molar-refractivity contribution in [2.75, 3.05) is 13.2 Å². The Morgan fingerprint density at radius 3 is 1.45 bits per heavy atom. The van der Waals surface area contributed by atoms with Crippen molar-refractivity contribution in [3.8, 4) is 5.75 Å². The van der Waals surface area contributed by atoms with E-state index in [0.717, 1.165) is 0 Å². The smallest absolute Gasteiger partial charge is 0.328 e. The van der Waals surface area contributed by atoms with Crippen LogP contribution in [0.3, 0.4) is 0 Å². The van der Waals surface area contributed by atoms with Crippen molar-refractivity contribution in [2.45, 2.75) is 127 Å². The molecule has 0 bridgehead atoms. The van der Waals surface area contributed by atoms with Gasteiger partial charge in [-0.25, -0.2) is 4.79 Å². The van der Waals surface area contributed by atoms with Crippen LogP contribution in [-0.4, -0.2) is 147 Å². The highest BCUT2D eigenvalue weighted by molar-refractivity contribution is 6.00. The highest BCUT2D eigenvalue weighted by atomic mass is 16.4. The van der Waals surface area contributed by atoms with Gasteiger partial charge in [0, 0.05) is 0 Å². The van der Waals surface area contributed by atoms with Crippen molar-refractivity contribution in [3.05, 3.63) is 29.8 Å². The zero-order valence-electron chi connectivity index (χ0n) is 37.7. The third kappa shape index (κ3) is 21.7. The van der Waals surface area contributed by atoms with Crippen LogP contribution in [0.2, 0.25) is 0 Å². The fraction of sp³-hybridized carbons (Fsp3) is 0.585. The summed E-state index contributed by atoms with van der Waals surface area (Å²) in [5.74, 6) is -14.0. The summed E-state index contributed by atoms with van der Waals surface area (Å²) in [6.07, 6.45) is -1.83. The molecule has 9 amide bonds. The lowest BCUT2D eigenvalue weighted by molar-refractivity contribution is -0.144. The molecule has 0 aliphatic carbocycles. The molecule has 0 saturated carbocycles. The number of nitrogens with two attached hydrogens (primary N) is 4. The second-order valence-corrected chi connectivity index (χ2v) is 16.4. The average Bonchev–Trinajstić information content (AvgIpc) is 3.22. The summed E-state index contributed by atoms with van der Waals surface area (Å²) in [6.45, 7) is 5.53. The van der Waals surface area contributed by atoms with Crippen LogP contribution in [0, 0.1) is 11.8 Å². The quantitative estimate of drug-likeness (QED) is 0.0309. The van der Waals surface area contributed by atoms with Gasteiger partial charge in [0.05, 0.1) is 31.9 Å². The number of primary amides is 2. The number of amides is 9. The van der Waals surface area contributed by atoms with Crippen LogP contribution >= 0.6 is 0 Å². The van der Waals surface area contributed by atoms with E-state index >= 15 is 0 Å². The summed E-state index contributed by atoms with van der Waals surface area (Å²) in [6, 6.07) is -6.82. The molecule has 67 heavy (non-hydrogen) atoms. The van der Waals surface area contributed by atoms with Crippen molar-refractivity contribution in [2.24, 2.45) is 34.8 Å². The molecule has 26 nitrogen and oxygen atoms in total. The van der Waals surface area contributed by atoms with Crippen LogP contribution in [0.5, 0.6) is 5.75 Å². The average molecular weight is 952 g/mol. The van der Waals surface area contributed by atoms with E-state index in [9.17, 15) is 68.1 Å². The first-order valence-electron chi connectivity index (χ1n) is 21.3. The van der Waals surface area contributed by atoms with Gasteiger partial charge in [-0.15, -0.1) is 0 Å². The molecule has 0 aliphatic rings. The van der Waals surface area contributed by atoms with Gasteiger partial charge >= 0.3 is 11.9 Å². The number of aliphatic carboxylic acids is 2. The Labute approximate surface area is 385 Å². The Balaban J connectivity index is 3.35. The van der Waals surface area contributed by atoms with Crippen LogP contribution in [0.25, 0.3) is 0 Å². The number of benzene rings is 1. The number of hydrogen-bond acceptors (Lipinski definition) is 15. The van der Waals surface area contributed by atoms with Crippen molar-refractivity contribution in [1.29, 1.82) is 0 Å². The molecule has 374 valence electrons. The number of carboxylic acids is 2. The van der Waals surface area contributed by atoms with Crippen molar-refractivity contribution >= 4 is 65.1 Å². The first-order valence-corrected chi connectivity index (χ1v) is 21.3. The highest BCUT2D eigenvalue weighted by Crippen LogP contribution is 2.13. The molecule has 0 heterocycles. The lowest BCUT2D eigenvalue weighted by Gasteiger charge is -2.29. The van der Waals surface area contributed by atoms with E-state index in [2.05, 4.69) is 26.6 Å². The Morgan fingerprint density at radius 1 is 0.567 bits per heavy atom. The van der Waals surface area contributed by atoms with Gasteiger partial charge in [-0.3, -0.25) is 47.9 Å². The summed E-state index contributed by atoms with van der Waals surface area (Å²) in [5, 5.41) is 53.3. The summed E-state index contributed by atoms with van der Waals surface area (Å²) in [7, 11) is 0. The van der Waals surface area contributed by atoms with E-state index in [-0.39, 0.29) is 37.5 Å². The minimum Gasteiger partial charge on any atom is -0.508 e. The van der Waals surface area contributed by atoms with Crippen LogP contribution in [0.1, 0.15) is 78.2 Å². The fourth-order valence-corrected chi connectivity index (χ4v) is 6.25. The number of carbonyl (C=O) groups is 11. The number of carboxylic acid groups (broad SMARTS) is 2. The molecule has 1 aromatic carbocycles. The van der Waals surface area contributed by atoms with E-state index in [0.29, 0.717) is 18.4 Å².